The quantitative estimate of drug-likeness (QED) is 0.383. The first-order valence-electron chi connectivity index (χ1n) is 12.4. The van der Waals surface area contributed by atoms with Crippen LogP contribution in [-0.4, -0.2) is 28.8 Å². The van der Waals surface area contributed by atoms with Crippen LogP contribution in [0.3, 0.4) is 0 Å². The fourth-order valence-corrected chi connectivity index (χ4v) is 5.05. The summed E-state index contributed by atoms with van der Waals surface area (Å²) in [5, 5.41) is 4.22. The van der Waals surface area contributed by atoms with Crippen molar-refractivity contribution in [1.82, 2.24) is 10.2 Å². The fraction of sp³-hybridized carbons (Fsp3) is 0.500. The summed E-state index contributed by atoms with van der Waals surface area (Å²) in [6, 6.07) is 13.4. The molecule has 4 nitrogen and oxygen atoms in total. The van der Waals surface area contributed by atoms with E-state index in [2.05, 4.69) is 43.4 Å². The molecule has 1 atom stereocenters. The molecule has 1 aliphatic carbocycles. The van der Waals surface area contributed by atoms with Crippen molar-refractivity contribution in [3.05, 3.63) is 69.2 Å². The van der Waals surface area contributed by atoms with Crippen molar-refractivity contribution in [1.29, 1.82) is 0 Å². The van der Waals surface area contributed by atoms with E-state index >= 15 is 0 Å². The number of rotatable bonds is 10. The van der Waals surface area contributed by atoms with E-state index in [1.54, 1.807) is 17.0 Å². The normalized spacial score (nSPS) is 14.9. The van der Waals surface area contributed by atoms with Crippen LogP contribution in [0.2, 0.25) is 10.0 Å². The Hall–Kier alpha value is -2.04. The molecule has 0 heterocycles. The van der Waals surface area contributed by atoms with Gasteiger partial charge in [-0.2, -0.15) is 0 Å². The van der Waals surface area contributed by atoms with Gasteiger partial charge in [0.15, 0.2) is 0 Å². The Balaban J connectivity index is 1.77. The summed E-state index contributed by atoms with van der Waals surface area (Å²) in [7, 11) is 0. The van der Waals surface area contributed by atoms with Crippen LogP contribution in [0.5, 0.6) is 0 Å². The van der Waals surface area contributed by atoms with Crippen LogP contribution < -0.4 is 5.32 Å². The highest BCUT2D eigenvalue weighted by Gasteiger charge is 2.30. The predicted molar refractivity (Wildman–Crippen MR) is 140 cm³/mol. The lowest BCUT2D eigenvalue weighted by Crippen LogP contribution is -2.51. The van der Waals surface area contributed by atoms with Gasteiger partial charge >= 0.3 is 0 Å². The van der Waals surface area contributed by atoms with Gasteiger partial charge in [-0.3, -0.25) is 9.59 Å². The summed E-state index contributed by atoms with van der Waals surface area (Å²) in [6.45, 7) is 6.56. The van der Waals surface area contributed by atoms with Crippen LogP contribution in [-0.2, 0) is 22.6 Å². The molecule has 2 aromatic carbocycles. The number of amides is 2. The molecule has 0 saturated heterocycles. The summed E-state index contributed by atoms with van der Waals surface area (Å²) in [6.07, 6.45) is 5.79. The van der Waals surface area contributed by atoms with Crippen LogP contribution in [0.15, 0.2) is 42.5 Å². The first-order chi connectivity index (χ1) is 16.3. The number of hydrogen-bond donors (Lipinski definition) is 1. The predicted octanol–water partition coefficient (Wildman–Crippen LogP) is 6.92. The molecule has 0 aromatic heterocycles. The molecule has 6 heteroatoms. The highest BCUT2D eigenvalue weighted by atomic mass is 35.5. The summed E-state index contributed by atoms with van der Waals surface area (Å²) in [5.74, 6) is 0.348. The minimum Gasteiger partial charge on any atom is -0.352 e. The average Bonchev–Trinajstić information content (AvgIpc) is 3.32. The first kappa shape index (κ1) is 26.6. The van der Waals surface area contributed by atoms with Gasteiger partial charge in [-0.1, -0.05) is 87.1 Å². The van der Waals surface area contributed by atoms with Crippen LogP contribution in [0.4, 0.5) is 0 Å². The molecule has 1 aliphatic rings. The third-order valence-electron chi connectivity index (χ3n) is 6.72. The van der Waals surface area contributed by atoms with E-state index in [0.717, 1.165) is 36.8 Å². The van der Waals surface area contributed by atoms with Crippen LogP contribution in [0.1, 0.15) is 81.9 Å². The molecule has 0 radical (unpaired) electrons. The van der Waals surface area contributed by atoms with Crippen molar-refractivity contribution >= 4 is 35.0 Å². The standard InChI is InChI=1S/C28H36Cl2N2O2/c1-4-26(28(34)31-24-7-5-6-8-24)32(18-22-14-15-23(29)17-25(22)30)27(33)16-11-20-9-12-21(13-10-20)19(2)3/h9-10,12-15,17,19,24,26H,4-8,11,16,18H2,1-3H3,(H,31,34)/t26-/m0/s1. The first-order valence-corrected chi connectivity index (χ1v) is 13.2. The summed E-state index contributed by atoms with van der Waals surface area (Å²) >= 11 is 12.5. The maximum absolute atomic E-state index is 13.5. The number of carbonyl (C=O) groups is 2. The molecular formula is C28H36Cl2N2O2. The lowest BCUT2D eigenvalue weighted by molar-refractivity contribution is -0.141. The van der Waals surface area contributed by atoms with E-state index < -0.39 is 6.04 Å². The van der Waals surface area contributed by atoms with E-state index in [1.807, 2.05) is 13.0 Å². The van der Waals surface area contributed by atoms with Crippen molar-refractivity contribution in [3.63, 3.8) is 0 Å². The van der Waals surface area contributed by atoms with Gasteiger partial charge in [0.1, 0.15) is 6.04 Å². The Morgan fingerprint density at radius 1 is 1.06 bits per heavy atom. The molecular weight excluding hydrogens is 467 g/mol. The van der Waals surface area contributed by atoms with Gasteiger partial charge in [-0.15, -0.1) is 0 Å². The van der Waals surface area contributed by atoms with Crippen LogP contribution >= 0.6 is 23.2 Å². The van der Waals surface area contributed by atoms with E-state index in [0.29, 0.717) is 35.2 Å². The number of aryl methyl sites for hydroxylation is 1. The number of halogens is 2. The van der Waals surface area contributed by atoms with Gasteiger partial charge in [-0.05, 0) is 60.4 Å². The lowest BCUT2D eigenvalue weighted by Gasteiger charge is -2.32. The molecule has 2 amide bonds. The molecule has 1 fully saturated rings. The van der Waals surface area contributed by atoms with Gasteiger partial charge in [0.05, 0.1) is 0 Å². The van der Waals surface area contributed by atoms with Crippen LogP contribution in [0, 0.1) is 0 Å². The second kappa shape index (κ2) is 12.6. The van der Waals surface area contributed by atoms with Crippen molar-refractivity contribution in [3.8, 4) is 0 Å². The molecule has 34 heavy (non-hydrogen) atoms. The Labute approximate surface area is 214 Å². The Kier molecular flexibility index (Phi) is 9.85. The molecule has 1 saturated carbocycles. The zero-order chi connectivity index (χ0) is 24.7. The molecule has 2 aromatic rings. The number of benzene rings is 2. The van der Waals surface area contributed by atoms with Gasteiger partial charge in [0, 0.05) is 29.1 Å². The third-order valence-corrected chi connectivity index (χ3v) is 7.30. The Bertz CT molecular complexity index is 969. The monoisotopic (exact) mass is 502 g/mol. The van der Waals surface area contributed by atoms with Gasteiger partial charge in [0.25, 0.3) is 0 Å². The minimum absolute atomic E-state index is 0.0487. The summed E-state index contributed by atoms with van der Waals surface area (Å²) in [4.78, 5) is 28.4. The number of nitrogens with one attached hydrogen (secondary N) is 1. The van der Waals surface area contributed by atoms with Crippen LogP contribution in [0.25, 0.3) is 0 Å². The Morgan fingerprint density at radius 2 is 1.74 bits per heavy atom. The highest BCUT2D eigenvalue weighted by Crippen LogP contribution is 2.25. The van der Waals surface area contributed by atoms with Crippen molar-refractivity contribution in [2.24, 2.45) is 0 Å². The SMILES string of the molecule is CC[C@@H](C(=O)NC1CCCC1)N(Cc1ccc(Cl)cc1Cl)C(=O)CCc1ccc(C(C)C)cc1. The minimum atomic E-state index is -0.539. The number of carbonyl (C=O) groups excluding carboxylic acids is 2. The second-order valence-corrected chi connectivity index (χ2v) is 10.4. The third kappa shape index (κ3) is 7.23. The smallest absolute Gasteiger partial charge is 0.243 e. The number of nitrogens with zero attached hydrogens (tertiary/aromatic N) is 1. The van der Waals surface area contributed by atoms with E-state index in [9.17, 15) is 9.59 Å². The lowest BCUT2D eigenvalue weighted by atomic mass is 10.00. The van der Waals surface area contributed by atoms with Gasteiger partial charge < -0.3 is 10.2 Å². The summed E-state index contributed by atoms with van der Waals surface area (Å²) < 4.78 is 0. The molecule has 0 spiro atoms. The molecule has 3 rings (SSSR count). The maximum atomic E-state index is 13.5. The van der Waals surface area contributed by atoms with E-state index in [1.165, 1.54) is 5.56 Å². The average molecular weight is 504 g/mol. The van der Waals surface area contributed by atoms with E-state index in [4.69, 9.17) is 23.2 Å². The number of hydrogen-bond acceptors (Lipinski definition) is 2. The van der Waals surface area contributed by atoms with Crippen molar-refractivity contribution < 1.29 is 9.59 Å². The summed E-state index contributed by atoms with van der Waals surface area (Å²) in [5.41, 5.74) is 3.18. The fourth-order valence-electron chi connectivity index (χ4n) is 4.58. The highest BCUT2D eigenvalue weighted by molar-refractivity contribution is 6.35. The zero-order valence-corrected chi connectivity index (χ0v) is 22.0. The maximum Gasteiger partial charge on any atom is 0.243 e. The molecule has 0 unspecified atom stereocenters. The molecule has 1 N–H and O–H groups in total. The van der Waals surface area contributed by atoms with Crippen molar-refractivity contribution in [2.45, 2.75) is 90.3 Å². The largest absolute Gasteiger partial charge is 0.352 e. The van der Waals surface area contributed by atoms with Gasteiger partial charge in [-0.25, -0.2) is 0 Å². The second-order valence-electron chi connectivity index (χ2n) is 9.57. The van der Waals surface area contributed by atoms with Crippen molar-refractivity contribution in [2.75, 3.05) is 0 Å². The van der Waals surface area contributed by atoms with E-state index in [-0.39, 0.29) is 24.4 Å². The Morgan fingerprint density at radius 3 is 2.32 bits per heavy atom. The topological polar surface area (TPSA) is 49.4 Å². The zero-order valence-electron chi connectivity index (χ0n) is 20.4. The molecule has 184 valence electrons. The molecule has 0 bridgehead atoms. The molecule has 0 aliphatic heterocycles. The van der Waals surface area contributed by atoms with Gasteiger partial charge in [0.2, 0.25) is 11.8 Å².